The van der Waals surface area contributed by atoms with E-state index in [1.54, 1.807) is 30.3 Å². The van der Waals surface area contributed by atoms with Gasteiger partial charge in [-0.3, -0.25) is 4.79 Å². The van der Waals surface area contributed by atoms with E-state index < -0.39 is 0 Å². The second kappa shape index (κ2) is 8.04. The molecule has 7 heteroatoms. The second-order valence-electron chi connectivity index (χ2n) is 7.40. The highest BCUT2D eigenvalue weighted by atomic mass is 16.5. The van der Waals surface area contributed by atoms with Gasteiger partial charge in [-0.05, 0) is 63.0 Å². The monoisotopic (exact) mass is 405 g/mol. The Morgan fingerprint density at radius 2 is 1.87 bits per heavy atom. The van der Waals surface area contributed by atoms with Crippen molar-refractivity contribution in [3.05, 3.63) is 64.4 Å². The number of nitrogen functional groups attached to an aromatic ring is 1. The molecule has 2 heterocycles. The molecule has 4 aromatic rings. The first-order valence-electron chi connectivity index (χ1n) is 9.59. The summed E-state index contributed by atoms with van der Waals surface area (Å²) in [7, 11) is 3.95. The highest BCUT2D eigenvalue weighted by Crippen LogP contribution is 2.31. The van der Waals surface area contributed by atoms with Crippen LogP contribution in [0.4, 0.5) is 5.82 Å². The van der Waals surface area contributed by atoms with Crippen molar-refractivity contribution in [3.63, 3.8) is 0 Å². The van der Waals surface area contributed by atoms with E-state index in [0.29, 0.717) is 51.6 Å². The number of likely N-dealkylation sites (N-methyl/N-ethyl adjacent to an activating group) is 1. The zero-order valence-electron chi connectivity index (χ0n) is 17.1. The molecule has 154 valence electrons. The SMILES string of the molecule is Cc1cc(OCCN(C)C)c2oc3cc(Oc4ccc(N)nc4)ccc3c(=O)c2c1. The van der Waals surface area contributed by atoms with Crippen molar-refractivity contribution < 1.29 is 13.9 Å². The summed E-state index contributed by atoms with van der Waals surface area (Å²) in [5, 5.41) is 0.980. The fourth-order valence-electron chi connectivity index (χ4n) is 3.14. The molecule has 0 saturated carbocycles. The van der Waals surface area contributed by atoms with Crippen molar-refractivity contribution in [2.24, 2.45) is 0 Å². The van der Waals surface area contributed by atoms with Gasteiger partial charge in [0.25, 0.3) is 0 Å². The smallest absolute Gasteiger partial charge is 0.200 e. The normalized spacial score (nSPS) is 11.3. The third-order valence-electron chi connectivity index (χ3n) is 4.64. The van der Waals surface area contributed by atoms with E-state index in [1.807, 2.05) is 38.1 Å². The standard InChI is InChI=1S/C23H23N3O4/c1-14-10-18-22(27)17-6-4-15(29-16-5-7-21(24)25-13-16)12-19(17)30-23(18)20(11-14)28-9-8-26(2)3/h4-7,10-13H,8-9H2,1-3H3,(H2,24,25). The van der Waals surface area contributed by atoms with E-state index >= 15 is 0 Å². The first-order valence-corrected chi connectivity index (χ1v) is 9.59. The van der Waals surface area contributed by atoms with Crippen molar-refractivity contribution in [1.29, 1.82) is 0 Å². The van der Waals surface area contributed by atoms with Gasteiger partial charge >= 0.3 is 0 Å². The number of hydrogen-bond donors (Lipinski definition) is 1. The molecule has 0 unspecified atom stereocenters. The quantitative estimate of drug-likeness (QED) is 0.486. The molecule has 2 aromatic heterocycles. The topological polar surface area (TPSA) is 90.8 Å². The average Bonchev–Trinajstić information content (AvgIpc) is 2.70. The first kappa shape index (κ1) is 19.7. The summed E-state index contributed by atoms with van der Waals surface area (Å²) in [4.78, 5) is 19.1. The molecular formula is C23H23N3O4. The Balaban J connectivity index is 1.77. The van der Waals surface area contributed by atoms with Crippen LogP contribution in [0.5, 0.6) is 17.2 Å². The minimum atomic E-state index is -0.104. The number of anilines is 1. The van der Waals surface area contributed by atoms with Crippen LogP contribution in [0.15, 0.2) is 57.9 Å². The van der Waals surface area contributed by atoms with E-state index in [0.717, 1.165) is 12.1 Å². The van der Waals surface area contributed by atoms with Gasteiger partial charge in [-0.1, -0.05) is 0 Å². The van der Waals surface area contributed by atoms with Crippen LogP contribution in [-0.2, 0) is 0 Å². The summed E-state index contributed by atoms with van der Waals surface area (Å²) >= 11 is 0. The minimum absolute atomic E-state index is 0.104. The summed E-state index contributed by atoms with van der Waals surface area (Å²) in [6.45, 7) is 3.17. The molecule has 0 aliphatic carbocycles. The molecule has 0 spiro atoms. The van der Waals surface area contributed by atoms with Crippen LogP contribution in [-0.4, -0.2) is 37.1 Å². The molecular weight excluding hydrogens is 382 g/mol. The number of rotatable bonds is 6. The van der Waals surface area contributed by atoms with Crippen LogP contribution in [0.3, 0.4) is 0 Å². The van der Waals surface area contributed by atoms with Gasteiger partial charge < -0.3 is 24.5 Å². The summed E-state index contributed by atoms with van der Waals surface area (Å²) < 4.78 is 17.9. The van der Waals surface area contributed by atoms with Gasteiger partial charge in [-0.15, -0.1) is 0 Å². The maximum atomic E-state index is 13.1. The molecule has 0 bridgehead atoms. The molecule has 0 atom stereocenters. The van der Waals surface area contributed by atoms with E-state index in [4.69, 9.17) is 19.6 Å². The van der Waals surface area contributed by atoms with Crippen LogP contribution in [0, 0.1) is 6.92 Å². The van der Waals surface area contributed by atoms with Crippen LogP contribution >= 0.6 is 0 Å². The predicted octanol–water partition coefficient (Wildman–Crippen LogP) is 3.96. The van der Waals surface area contributed by atoms with E-state index in [-0.39, 0.29) is 5.43 Å². The summed E-state index contributed by atoms with van der Waals surface area (Å²) in [5.74, 6) is 2.03. The van der Waals surface area contributed by atoms with E-state index in [9.17, 15) is 4.79 Å². The Morgan fingerprint density at radius 1 is 1.07 bits per heavy atom. The number of nitrogens with two attached hydrogens (primary N) is 1. The summed E-state index contributed by atoms with van der Waals surface area (Å²) in [6.07, 6.45) is 1.54. The summed E-state index contributed by atoms with van der Waals surface area (Å²) in [6, 6.07) is 12.2. The maximum absolute atomic E-state index is 13.1. The van der Waals surface area contributed by atoms with Gasteiger partial charge in [0.1, 0.15) is 29.5 Å². The molecule has 2 aromatic carbocycles. The van der Waals surface area contributed by atoms with Crippen LogP contribution in [0.2, 0.25) is 0 Å². The third kappa shape index (κ3) is 4.06. The first-order chi connectivity index (χ1) is 14.4. The van der Waals surface area contributed by atoms with Crippen molar-refractivity contribution in [1.82, 2.24) is 9.88 Å². The molecule has 0 saturated heterocycles. The Kier molecular flexibility index (Phi) is 5.29. The molecule has 4 rings (SSSR count). The molecule has 30 heavy (non-hydrogen) atoms. The molecule has 0 aliphatic rings. The van der Waals surface area contributed by atoms with E-state index in [2.05, 4.69) is 4.98 Å². The number of aryl methyl sites for hydroxylation is 1. The number of ether oxygens (including phenoxy) is 2. The van der Waals surface area contributed by atoms with Gasteiger partial charge in [0.15, 0.2) is 11.3 Å². The average molecular weight is 405 g/mol. The third-order valence-corrected chi connectivity index (χ3v) is 4.64. The lowest BCUT2D eigenvalue weighted by molar-refractivity contribution is 0.261. The zero-order valence-corrected chi connectivity index (χ0v) is 17.1. The van der Waals surface area contributed by atoms with Crippen molar-refractivity contribution in [2.75, 3.05) is 33.0 Å². The Bertz CT molecular complexity index is 1260. The van der Waals surface area contributed by atoms with Gasteiger partial charge in [0.05, 0.1) is 17.0 Å². The lowest BCUT2D eigenvalue weighted by Crippen LogP contribution is -2.19. The minimum Gasteiger partial charge on any atom is -0.488 e. The van der Waals surface area contributed by atoms with Gasteiger partial charge in [-0.25, -0.2) is 4.98 Å². The number of hydrogen-bond acceptors (Lipinski definition) is 7. The highest BCUT2D eigenvalue weighted by Gasteiger charge is 2.14. The fourth-order valence-corrected chi connectivity index (χ4v) is 3.14. The number of pyridine rings is 1. The number of nitrogens with zero attached hydrogens (tertiary/aromatic N) is 2. The maximum Gasteiger partial charge on any atom is 0.200 e. The van der Waals surface area contributed by atoms with Gasteiger partial charge in [-0.2, -0.15) is 0 Å². The predicted molar refractivity (Wildman–Crippen MR) is 117 cm³/mol. The fraction of sp³-hybridized carbons (Fsp3) is 0.217. The lowest BCUT2D eigenvalue weighted by atomic mass is 10.1. The summed E-state index contributed by atoms with van der Waals surface area (Å²) in [5.41, 5.74) is 7.30. The molecule has 7 nitrogen and oxygen atoms in total. The van der Waals surface area contributed by atoms with Crippen LogP contribution < -0.4 is 20.6 Å². The molecule has 0 aliphatic heterocycles. The Hall–Kier alpha value is -3.58. The van der Waals surface area contributed by atoms with Crippen molar-refractivity contribution >= 4 is 27.8 Å². The molecule has 2 N–H and O–H groups in total. The number of benzene rings is 2. The second-order valence-corrected chi connectivity index (χ2v) is 7.40. The van der Waals surface area contributed by atoms with Crippen molar-refractivity contribution in [2.45, 2.75) is 6.92 Å². The Labute approximate surface area is 173 Å². The zero-order chi connectivity index (χ0) is 21.3. The number of fused-ring (bicyclic) bond motifs is 2. The molecule has 0 radical (unpaired) electrons. The van der Waals surface area contributed by atoms with Crippen LogP contribution in [0.1, 0.15) is 5.56 Å². The Morgan fingerprint density at radius 3 is 2.60 bits per heavy atom. The van der Waals surface area contributed by atoms with Gasteiger partial charge in [0, 0.05) is 12.6 Å². The lowest BCUT2D eigenvalue weighted by Gasteiger charge is -2.13. The number of aromatic nitrogens is 1. The van der Waals surface area contributed by atoms with E-state index in [1.165, 1.54) is 6.20 Å². The largest absolute Gasteiger partial charge is 0.488 e. The van der Waals surface area contributed by atoms with Gasteiger partial charge in [0.2, 0.25) is 5.43 Å². The van der Waals surface area contributed by atoms with Crippen molar-refractivity contribution in [3.8, 4) is 17.2 Å². The highest BCUT2D eigenvalue weighted by molar-refractivity contribution is 5.93. The molecule has 0 amide bonds. The molecule has 0 fully saturated rings. The van der Waals surface area contributed by atoms with Crippen LogP contribution in [0.25, 0.3) is 21.9 Å².